The van der Waals surface area contributed by atoms with Crippen molar-refractivity contribution in [1.29, 1.82) is 0 Å². The molecule has 2 aromatic carbocycles. The molecule has 3 rings (SSSR count). The number of benzene rings is 2. The lowest BCUT2D eigenvalue weighted by Crippen LogP contribution is -2.40. The molecule has 1 N–H and O–H groups in total. The van der Waals surface area contributed by atoms with E-state index in [1.807, 2.05) is 0 Å². The summed E-state index contributed by atoms with van der Waals surface area (Å²) in [5.41, 5.74) is 0.0942. The summed E-state index contributed by atoms with van der Waals surface area (Å²) in [4.78, 5) is 24.5. The summed E-state index contributed by atoms with van der Waals surface area (Å²) in [6.07, 6.45) is 0. The Bertz CT molecular complexity index is 1130. The second-order valence-electron chi connectivity index (χ2n) is 6.53. The van der Waals surface area contributed by atoms with E-state index in [2.05, 4.69) is 21.2 Å². The average Bonchev–Trinajstić information content (AvgIpc) is 2.75. The van der Waals surface area contributed by atoms with Gasteiger partial charge in [0, 0.05) is 22.6 Å². The van der Waals surface area contributed by atoms with Gasteiger partial charge in [0.2, 0.25) is 10.0 Å². The number of nitrogens with zero attached hydrogens (tertiary/aromatic N) is 1. The van der Waals surface area contributed by atoms with Crippen LogP contribution in [0.25, 0.3) is 0 Å². The lowest BCUT2D eigenvalue weighted by Gasteiger charge is -2.26. The van der Waals surface area contributed by atoms with E-state index in [0.29, 0.717) is 9.50 Å². The number of amides is 1. The SMILES string of the molecule is O=C(COC(=O)c1ccc(Br)c(S(=O)(=O)N2CCOCC2)c1)Nc1c(Cl)cc(Cl)cc1Cl. The fraction of sp³-hybridized carbons (Fsp3) is 0.263. The lowest BCUT2D eigenvalue weighted by molar-refractivity contribution is -0.119. The van der Waals surface area contributed by atoms with Crippen LogP contribution in [0.15, 0.2) is 39.7 Å². The molecule has 1 aliphatic heterocycles. The summed E-state index contributed by atoms with van der Waals surface area (Å²) in [6, 6.07) is 6.80. The number of carbonyl (C=O) groups is 2. The number of halogens is 4. The first-order chi connectivity index (χ1) is 15.1. The van der Waals surface area contributed by atoms with Gasteiger partial charge in [-0.25, -0.2) is 13.2 Å². The number of morpholine rings is 1. The van der Waals surface area contributed by atoms with E-state index in [1.165, 1.54) is 34.6 Å². The van der Waals surface area contributed by atoms with E-state index in [9.17, 15) is 18.0 Å². The van der Waals surface area contributed by atoms with Crippen LogP contribution < -0.4 is 5.32 Å². The fourth-order valence-electron chi connectivity index (χ4n) is 2.81. The molecule has 2 aromatic rings. The Morgan fingerprint density at radius 3 is 2.34 bits per heavy atom. The van der Waals surface area contributed by atoms with Gasteiger partial charge in [-0.1, -0.05) is 34.8 Å². The molecule has 1 heterocycles. The molecule has 0 unspecified atom stereocenters. The van der Waals surface area contributed by atoms with Crippen molar-refractivity contribution < 1.29 is 27.5 Å². The van der Waals surface area contributed by atoms with Gasteiger partial charge in [-0.05, 0) is 46.3 Å². The van der Waals surface area contributed by atoms with E-state index in [4.69, 9.17) is 44.3 Å². The molecule has 1 aliphatic rings. The predicted molar refractivity (Wildman–Crippen MR) is 124 cm³/mol. The topological polar surface area (TPSA) is 102 Å². The molecule has 172 valence electrons. The van der Waals surface area contributed by atoms with Gasteiger partial charge in [-0.3, -0.25) is 4.79 Å². The molecule has 1 amide bonds. The fourth-order valence-corrected chi connectivity index (χ4v) is 6.08. The zero-order valence-corrected chi connectivity index (χ0v) is 20.9. The maximum Gasteiger partial charge on any atom is 0.338 e. The average molecular weight is 587 g/mol. The van der Waals surface area contributed by atoms with Crippen molar-refractivity contribution >= 4 is 78.3 Å². The molecule has 1 saturated heterocycles. The summed E-state index contributed by atoms with van der Waals surface area (Å²) < 4.78 is 37.6. The van der Waals surface area contributed by atoms with Crippen molar-refractivity contribution in [2.75, 3.05) is 38.2 Å². The number of rotatable bonds is 6. The largest absolute Gasteiger partial charge is 0.452 e. The normalized spacial score (nSPS) is 14.8. The molecule has 0 bridgehead atoms. The predicted octanol–water partition coefficient (Wildman–Crippen LogP) is 4.23. The Balaban J connectivity index is 1.69. The van der Waals surface area contributed by atoms with E-state index in [0.717, 1.165) is 0 Å². The van der Waals surface area contributed by atoms with Crippen molar-refractivity contribution in [2.24, 2.45) is 0 Å². The number of ether oxygens (including phenoxy) is 2. The Labute approximate surface area is 207 Å². The number of hydrogen-bond acceptors (Lipinski definition) is 6. The molecule has 0 atom stereocenters. The van der Waals surface area contributed by atoms with Gasteiger partial charge in [0.05, 0.1) is 39.4 Å². The molecule has 13 heteroatoms. The summed E-state index contributed by atoms with van der Waals surface area (Å²) in [7, 11) is -3.85. The highest BCUT2D eigenvalue weighted by Gasteiger charge is 2.29. The number of nitrogens with one attached hydrogen (secondary N) is 1. The van der Waals surface area contributed by atoms with E-state index < -0.39 is 28.5 Å². The van der Waals surface area contributed by atoms with Crippen LogP contribution in [0, 0.1) is 0 Å². The molecular weight excluding hydrogens is 571 g/mol. The Kier molecular flexibility index (Phi) is 8.42. The van der Waals surface area contributed by atoms with Crippen molar-refractivity contribution in [3.8, 4) is 0 Å². The Morgan fingerprint density at radius 2 is 1.72 bits per heavy atom. The minimum atomic E-state index is -3.85. The highest BCUT2D eigenvalue weighted by Crippen LogP contribution is 2.33. The van der Waals surface area contributed by atoms with E-state index >= 15 is 0 Å². The van der Waals surface area contributed by atoms with Gasteiger partial charge in [0.25, 0.3) is 5.91 Å². The van der Waals surface area contributed by atoms with Crippen LogP contribution in [-0.4, -0.2) is 57.5 Å². The first kappa shape index (κ1) is 25.2. The Morgan fingerprint density at radius 1 is 1.09 bits per heavy atom. The maximum atomic E-state index is 12.9. The van der Waals surface area contributed by atoms with Crippen LogP contribution >= 0.6 is 50.7 Å². The number of hydrogen-bond donors (Lipinski definition) is 1. The minimum Gasteiger partial charge on any atom is -0.452 e. The van der Waals surface area contributed by atoms with Gasteiger partial charge in [-0.15, -0.1) is 0 Å². The third kappa shape index (κ3) is 5.93. The third-order valence-electron chi connectivity index (χ3n) is 4.36. The molecule has 32 heavy (non-hydrogen) atoms. The van der Waals surface area contributed by atoms with Crippen LogP contribution in [0.1, 0.15) is 10.4 Å². The third-order valence-corrected chi connectivity index (χ3v) is 8.07. The van der Waals surface area contributed by atoms with E-state index in [-0.39, 0.29) is 52.5 Å². The van der Waals surface area contributed by atoms with Crippen LogP contribution in [0.3, 0.4) is 0 Å². The van der Waals surface area contributed by atoms with Crippen LogP contribution in [0.5, 0.6) is 0 Å². The van der Waals surface area contributed by atoms with Gasteiger partial charge in [-0.2, -0.15) is 4.31 Å². The van der Waals surface area contributed by atoms with Crippen molar-refractivity contribution in [1.82, 2.24) is 4.31 Å². The van der Waals surface area contributed by atoms with Gasteiger partial charge >= 0.3 is 5.97 Å². The molecule has 1 fully saturated rings. The summed E-state index contributed by atoms with van der Waals surface area (Å²) >= 11 is 21.1. The van der Waals surface area contributed by atoms with E-state index in [1.54, 1.807) is 0 Å². The summed E-state index contributed by atoms with van der Waals surface area (Å²) in [5, 5.41) is 2.97. The first-order valence-corrected chi connectivity index (χ1v) is 12.5. The first-order valence-electron chi connectivity index (χ1n) is 9.08. The maximum absolute atomic E-state index is 12.9. The molecule has 0 spiro atoms. The zero-order valence-electron chi connectivity index (χ0n) is 16.2. The highest BCUT2D eigenvalue weighted by molar-refractivity contribution is 9.10. The van der Waals surface area contributed by atoms with Crippen molar-refractivity contribution in [3.05, 3.63) is 55.4 Å². The number of esters is 1. The van der Waals surface area contributed by atoms with Crippen LogP contribution in [0.4, 0.5) is 5.69 Å². The molecule has 0 aliphatic carbocycles. The summed E-state index contributed by atoms with van der Waals surface area (Å²) in [5.74, 6) is -1.57. The minimum absolute atomic E-state index is 0.0320. The monoisotopic (exact) mass is 584 g/mol. The van der Waals surface area contributed by atoms with Gasteiger partial charge in [0.1, 0.15) is 0 Å². The molecule has 0 radical (unpaired) electrons. The quantitative estimate of drug-likeness (QED) is 0.509. The van der Waals surface area contributed by atoms with Gasteiger partial charge in [0.15, 0.2) is 6.61 Å². The van der Waals surface area contributed by atoms with Crippen molar-refractivity contribution in [2.45, 2.75) is 4.90 Å². The Hall–Kier alpha value is -1.40. The second-order valence-corrected chi connectivity index (χ2v) is 10.5. The highest BCUT2D eigenvalue weighted by atomic mass is 79.9. The van der Waals surface area contributed by atoms with Crippen LogP contribution in [0.2, 0.25) is 15.1 Å². The number of sulfonamides is 1. The molecule has 0 saturated carbocycles. The van der Waals surface area contributed by atoms with Crippen LogP contribution in [-0.2, 0) is 24.3 Å². The van der Waals surface area contributed by atoms with Gasteiger partial charge < -0.3 is 14.8 Å². The molecule has 0 aromatic heterocycles. The second kappa shape index (κ2) is 10.7. The standard InChI is InChI=1S/C19H16BrCl3N2O6S/c20-13-2-1-11(7-16(13)32(28,29)25-3-5-30-6-4-25)19(27)31-10-17(26)24-18-14(22)8-12(21)9-15(18)23/h1-2,7-9H,3-6,10H2,(H,24,26). The molecular formula is C19H16BrCl3N2O6S. The number of anilines is 1. The zero-order chi connectivity index (χ0) is 23.5. The smallest absolute Gasteiger partial charge is 0.338 e. The van der Waals surface area contributed by atoms with Crippen molar-refractivity contribution in [3.63, 3.8) is 0 Å². The number of carbonyl (C=O) groups excluding carboxylic acids is 2. The summed E-state index contributed by atoms with van der Waals surface area (Å²) in [6.45, 7) is 0.347. The molecule has 8 nitrogen and oxygen atoms in total. The lowest BCUT2D eigenvalue weighted by atomic mass is 10.2.